The van der Waals surface area contributed by atoms with Crippen LogP contribution in [0.2, 0.25) is 5.02 Å². The quantitative estimate of drug-likeness (QED) is 0.273. The molecular weight excluding hydrogens is 408 g/mol. The van der Waals surface area contributed by atoms with Gasteiger partial charge in [-0.15, -0.1) is 11.8 Å². The van der Waals surface area contributed by atoms with Gasteiger partial charge in [0.1, 0.15) is 0 Å². The molecule has 1 aromatic heterocycles. The van der Waals surface area contributed by atoms with E-state index < -0.39 is 0 Å². The summed E-state index contributed by atoms with van der Waals surface area (Å²) >= 11 is 7.65. The molecule has 0 saturated carbocycles. The van der Waals surface area contributed by atoms with Gasteiger partial charge in [0, 0.05) is 55.1 Å². The second kappa shape index (κ2) is 11.7. The van der Waals surface area contributed by atoms with Crippen molar-refractivity contribution in [2.75, 3.05) is 32.9 Å². The van der Waals surface area contributed by atoms with E-state index in [9.17, 15) is 4.79 Å². The molecule has 0 bridgehead atoms. The number of likely N-dealkylation sites (N-methyl/N-ethyl adjacent to an activating group) is 1. The van der Waals surface area contributed by atoms with Gasteiger partial charge in [0.25, 0.3) is 0 Å². The topological polar surface area (TPSA) is 74.5 Å². The Bertz CT molecular complexity index is 819. The summed E-state index contributed by atoms with van der Waals surface area (Å²) in [4.78, 5) is 19.3. The molecule has 0 spiro atoms. The molecule has 0 unspecified atom stereocenters. The largest absolute Gasteiger partial charge is 0.356 e. The van der Waals surface area contributed by atoms with Crippen LogP contribution in [-0.4, -0.2) is 59.5 Å². The predicted octanol–water partition coefficient (Wildman–Crippen LogP) is 2.55. The Morgan fingerprint density at radius 3 is 2.66 bits per heavy atom. The van der Waals surface area contributed by atoms with Gasteiger partial charge in [-0.1, -0.05) is 18.5 Å². The van der Waals surface area contributed by atoms with Crippen molar-refractivity contribution in [3.8, 4) is 0 Å². The van der Waals surface area contributed by atoms with E-state index in [0.717, 1.165) is 33.3 Å². The van der Waals surface area contributed by atoms with Crippen LogP contribution in [0.5, 0.6) is 0 Å². The van der Waals surface area contributed by atoms with Gasteiger partial charge < -0.3 is 15.5 Å². The summed E-state index contributed by atoms with van der Waals surface area (Å²) in [7, 11) is 5.38. The molecule has 0 aliphatic rings. The van der Waals surface area contributed by atoms with Gasteiger partial charge >= 0.3 is 0 Å². The van der Waals surface area contributed by atoms with Crippen LogP contribution in [0, 0.1) is 0 Å². The average Bonchev–Trinajstić information content (AvgIpc) is 3.07. The minimum Gasteiger partial charge on any atom is -0.356 e. The van der Waals surface area contributed by atoms with E-state index in [1.807, 2.05) is 42.2 Å². The zero-order chi connectivity index (χ0) is 21.2. The molecule has 29 heavy (non-hydrogen) atoms. The van der Waals surface area contributed by atoms with Crippen molar-refractivity contribution < 1.29 is 4.79 Å². The van der Waals surface area contributed by atoms with Crippen molar-refractivity contribution >= 4 is 35.2 Å². The molecule has 0 atom stereocenters. The van der Waals surface area contributed by atoms with E-state index in [4.69, 9.17) is 11.6 Å². The van der Waals surface area contributed by atoms with E-state index in [1.54, 1.807) is 30.8 Å². The Kier molecular flexibility index (Phi) is 9.34. The van der Waals surface area contributed by atoms with Crippen LogP contribution >= 0.6 is 23.4 Å². The molecule has 158 valence electrons. The van der Waals surface area contributed by atoms with Crippen molar-refractivity contribution in [2.45, 2.75) is 24.8 Å². The summed E-state index contributed by atoms with van der Waals surface area (Å²) in [6, 6.07) is 7.78. The maximum Gasteiger partial charge on any atom is 0.241 e. The van der Waals surface area contributed by atoms with E-state index >= 15 is 0 Å². The normalized spacial score (nSPS) is 11.4. The van der Waals surface area contributed by atoms with Gasteiger partial charge in [-0.3, -0.25) is 9.48 Å². The summed E-state index contributed by atoms with van der Waals surface area (Å²) < 4.78 is 1.81. The van der Waals surface area contributed by atoms with Crippen LogP contribution in [0.4, 0.5) is 0 Å². The number of nitrogens with one attached hydrogen (secondary N) is 2. The van der Waals surface area contributed by atoms with Gasteiger partial charge in [-0.25, -0.2) is 4.99 Å². The third-order valence-electron chi connectivity index (χ3n) is 4.12. The Balaban J connectivity index is 1.93. The van der Waals surface area contributed by atoms with Crippen LogP contribution in [-0.2, 0) is 24.8 Å². The molecule has 0 saturated heterocycles. The molecular formula is C20H29ClN6OS. The SMILES string of the molecule is CCc1nn(C)cc1CN=C(NCCSc1ccc(Cl)cc1)NCC(=O)N(C)C. The van der Waals surface area contributed by atoms with Crippen molar-refractivity contribution in [1.29, 1.82) is 0 Å². The molecule has 0 fully saturated rings. The highest BCUT2D eigenvalue weighted by Gasteiger charge is 2.08. The Labute approximate surface area is 181 Å². The van der Waals surface area contributed by atoms with E-state index in [1.165, 1.54) is 0 Å². The van der Waals surface area contributed by atoms with Crippen LogP contribution in [0.25, 0.3) is 0 Å². The Morgan fingerprint density at radius 2 is 2.00 bits per heavy atom. The van der Waals surface area contributed by atoms with Gasteiger partial charge in [0.15, 0.2) is 5.96 Å². The summed E-state index contributed by atoms with van der Waals surface area (Å²) in [5.41, 5.74) is 2.13. The van der Waals surface area contributed by atoms with Gasteiger partial charge in [-0.2, -0.15) is 5.10 Å². The minimum atomic E-state index is -0.00864. The number of hydrogen-bond acceptors (Lipinski definition) is 4. The number of aliphatic imine (C=N–C) groups is 1. The second-order valence-electron chi connectivity index (χ2n) is 6.66. The Morgan fingerprint density at radius 1 is 1.28 bits per heavy atom. The first kappa shape index (κ1) is 23.1. The van der Waals surface area contributed by atoms with E-state index in [-0.39, 0.29) is 12.5 Å². The third kappa shape index (κ3) is 7.98. The number of carbonyl (C=O) groups excluding carboxylic acids is 1. The number of aromatic nitrogens is 2. The van der Waals surface area contributed by atoms with Crippen LogP contribution in [0.1, 0.15) is 18.2 Å². The molecule has 0 radical (unpaired) electrons. The number of thioether (sulfide) groups is 1. The fourth-order valence-corrected chi connectivity index (χ4v) is 3.43. The lowest BCUT2D eigenvalue weighted by Crippen LogP contribution is -2.43. The summed E-state index contributed by atoms with van der Waals surface area (Å²) in [6.07, 6.45) is 2.85. The number of benzene rings is 1. The maximum absolute atomic E-state index is 11.9. The van der Waals surface area contributed by atoms with Crippen molar-refractivity contribution in [3.63, 3.8) is 0 Å². The lowest BCUT2D eigenvalue weighted by Gasteiger charge is -2.15. The lowest BCUT2D eigenvalue weighted by molar-refractivity contribution is -0.127. The zero-order valence-corrected chi connectivity index (χ0v) is 19.0. The predicted molar refractivity (Wildman–Crippen MR) is 121 cm³/mol. The standard InChI is InChI=1S/C20H29ClN6OS/c1-5-18-15(14-27(4)25-18)12-23-20(24-13-19(28)26(2)3)22-10-11-29-17-8-6-16(21)7-9-17/h6-9,14H,5,10-13H2,1-4H3,(H2,22,23,24). The first-order chi connectivity index (χ1) is 13.9. The molecule has 1 aromatic carbocycles. The molecule has 2 N–H and O–H groups in total. The molecule has 1 amide bonds. The number of hydrogen-bond donors (Lipinski definition) is 2. The first-order valence-electron chi connectivity index (χ1n) is 9.51. The summed E-state index contributed by atoms with van der Waals surface area (Å²) in [5, 5.41) is 11.6. The molecule has 2 aromatic rings. The number of rotatable bonds is 9. The van der Waals surface area contributed by atoms with Gasteiger partial charge in [-0.05, 0) is 30.7 Å². The van der Waals surface area contributed by atoms with Crippen LogP contribution < -0.4 is 10.6 Å². The number of aryl methyl sites for hydroxylation is 2. The van der Waals surface area contributed by atoms with E-state index in [2.05, 4.69) is 27.6 Å². The lowest BCUT2D eigenvalue weighted by atomic mass is 10.2. The summed E-state index contributed by atoms with van der Waals surface area (Å²) in [5.74, 6) is 1.46. The van der Waals surface area contributed by atoms with Crippen LogP contribution in [0.3, 0.4) is 0 Å². The highest BCUT2D eigenvalue weighted by Crippen LogP contribution is 2.19. The Hall–Kier alpha value is -2.19. The van der Waals surface area contributed by atoms with E-state index in [0.29, 0.717) is 19.0 Å². The molecule has 7 nitrogen and oxygen atoms in total. The van der Waals surface area contributed by atoms with Gasteiger partial charge in [0.05, 0.1) is 18.8 Å². The highest BCUT2D eigenvalue weighted by atomic mass is 35.5. The molecule has 0 aliphatic heterocycles. The fourth-order valence-electron chi connectivity index (χ4n) is 2.54. The molecule has 0 aliphatic carbocycles. The summed E-state index contributed by atoms with van der Waals surface area (Å²) in [6.45, 7) is 3.49. The number of carbonyl (C=O) groups is 1. The van der Waals surface area contributed by atoms with Crippen molar-refractivity contribution in [3.05, 3.63) is 46.7 Å². The number of guanidine groups is 1. The van der Waals surface area contributed by atoms with Gasteiger partial charge in [0.2, 0.25) is 5.91 Å². The van der Waals surface area contributed by atoms with Crippen LogP contribution in [0.15, 0.2) is 40.4 Å². The van der Waals surface area contributed by atoms with Crippen molar-refractivity contribution in [2.24, 2.45) is 12.0 Å². The zero-order valence-electron chi connectivity index (χ0n) is 17.4. The average molecular weight is 437 g/mol. The number of amides is 1. The maximum atomic E-state index is 11.9. The molecule has 2 rings (SSSR count). The minimum absolute atomic E-state index is 0.00864. The van der Waals surface area contributed by atoms with Crippen molar-refractivity contribution in [1.82, 2.24) is 25.3 Å². The second-order valence-corrected chi connectivity index (χ2v) is 8.27. The molecule has 1 heterocycles. The monoisotopic (exact) mass is 436 g/mol. The molecule has 9 heteroatoms. The third-order valence-corrected chi connectivity index (χ3v) is 5.38. The smallest absolute Gasteiger partial charge is 0.241 e. The fraction of sp³-hybridized carbons (Fsp3) is 0.450. The first-order valence-corrected chi connectivity index (χ1v) is 10.9. The highest BCUT2D eigenvalue weighted by molar-refractivity contribution is 7.99. The number of nitrogens with zero attached hydrogens (tertiary/aromatic N) is 4. The number of halogens is 1.